The Bertz CT molecular complexity index is 398. The van der Waals surface area contributed by atoms with E-state index in [0.29, 0.717) is 24.7 Å². The number of benzene rings is 1. The Kier molecular flexibility index (Phi) is 2.49. The molecule has 1 heterocycles. The predicted molar refractivity (Wildman–Crippen MR) is 53.7 cm³/mol. The van der Waals surface area contributed by atoms with Crippen molar-refractivity contribution in [2.45, 2.75) is 13.3 Å². The number of aromatic carboxylic acids is 1. The van der Waals surface area contributed by atoms with Crippen LogP contribution in [0.2, 0.25) is 0 Å². The Hall–Kier alpha value is -1.71. The van der Waals surface area contributed by atoms with E-state index in [-0.39, 0.29) is 5.56 Å². The van der Waals surface area contributed by atoms with Gasteiger partial charge in [0.2, 0.25) is 0 Å². The van der Waals surface area contributed by atoms with Gasteiger partial charge in [0.1, 0.15) is 5.56 Å². The molecule has 1 N–H and O–H groups in total. The molecule has 0 fully saturated rings. The highest BCUT2D eigenvalue weighted by Gasteiger charge is 2.19. The SMILES string of the molecule is Cc1cc2c(c(C(=O)O)c1)OCCCO2. The Balaban J connectivity index is 2.54. The summed E-state index contributed by atoms with van der Waals surface area (Å²) in [5.74, 6) is -0.101. The van der Waals surface area contributed by atoms with Crippen LogP contribution in [0.4, 0.5) is 0 Å². The van der Waals surface area contributed by atoms with Crippen LogP contribution >= 0.6 is 0 Å². The maximum absolute atomic E-state index is 11.0. The van der Waals surface area contributed by atoms with Crippen molar-refractivity contribution in [1.29, 1.82) is 0 Å². The quantitative estimate of drug-likeness (QED) is 0.765. The molecule has 0 saturated heterocycles. The van der Waals surface area contributed by atoms with Crippen molar-refractivity contribution in [3.63, 3.8) is 0 Å². The molecule has 0 radical (unpaired) electrons. The Labute approximate surface area is 87.4 Å². The van der Waals surface area contributed by atoms with Gasteiger partial charge in [-0.1, -0.05) is 0 Å². The number of rotatable bonds is 1. The first-order chi connectivity index (χ1) is 7.18. The standard InChI is InChI=1S/C11H12O4/c1-7-5-8(11(12)13)10-9(6-7)14-3-2-4-15-10/h5-6H,2-4H2,1H3,(H,12,13). The minimum absolute atomic E-state index is 0.173. The molecule has 0 spiro atoms. The van der Waals surface area contributed by atoms with Crippen molar-refractivity contribution in [3.05, 3.63) is 23.3 Å². The van der Waals surface area contributed by atoms with Gasteiger partial charge in [0.25, 0.3) is 0 Å². The van der Waals surface area contributed by atoms with E-state index >= 15 is 0 Å². The monoisotopic (exact) mass is 208 g/mol. The number of aryl methyl sites for hydroxylation is 1. The molecule has 0 saturated carbocycles. The largest absolute Gasteiger partial charge is 0.490 e. The zero-order valence-electron chi connectivity index (χ0n) is 8.45. The van der Waals surface area contributed by atoms with Crippen molar-refractivity contribution in [2.75, 3.05) is 13.2 Å². The third-order valence-corrected chi connectivity index (χ3v) is 2.22. The average Bonchev–Trinajstić information content (AvgIpc) is 2.41. The molecule has 15 heavy (non-hydrogen) atoms. The number of ether oxygens (including phenoxy) is 2. The summed E-state index contributed by atoms with van der Waals surface area (Å²) in [5, 5.41) is 9.02. The summed E-state index contributed by atoms with van der Waals surface area (Å²) in [7, 11) is 0. The van der Waals surface area contributed by atoms with Gasteiger partial charge in [0.05, 0.1) is 13.2 Å². The zero-order chi connectivity index (χ0) is 10.8. The first-order valence-corrected chi connectivity index (χ1v) is 4.82. The molecule has 2 rings (SSSR count). The second kappa shape index (κ2) is 3.81. The van der Waals surface area contributed by atoms with Crippen molar-refractivity contribution < 1.29 is 19.4 Å². The molecular formula is C11H12O4. The number of fused-ring (bicyclic) bond motifs is 1. The van der Waals surface area contributed by atoms with Crippen molar-refractivity contribution in [1.82, 2.24) is 0 Å². The van der Waals surface area contributed by atoms with Gasteiger partial charge in [0.15, 0.2) is 11.5 Å². The topological polar surface area (TPSA) is 55.8 Å². The number of hydrogen-bond acceptors (Lipinski definition) is 3. The lowest BCUT2D eigenvalue weighted by atomic mass is 10.1. The van der Waals surface area contributed by atoms with Gasteiger partial charge < -0.3 is 14.6 Å². The molecule has 1 aliphatic rings. The lowest BCUT2D eigenvalue weighted by Crippen LogP contribution is -2.03. The second-order valence-electron chi connectivity index (χ2n) is 3.50. The molecule has 0 aromatic heterocycles. The van der Waals surface area contributed by atoms with E-state index in [4.69, 9.17) is 14.6 Å². The van der Waals surface area contributed by atoms with Gasteiger partial charge in [0, 0.05) is 6.42 Å². The second-order valence-corrected chi connectivity index (χ2v) is 3.50. The zero-order valence-corrected chi connectivity index (χ0v) is 8.45. The highest BCUT2D eigenvalue weighted by molar-refractivity contribution is 5.92. The van der Waals surface area contributed by atoms with Crippen LogP contribution in [0.1, 0.15) is 22.3 Å². The summed E-state index contributed by atoms with van der Waals surface area (Å²) < 4.78 is 10.8. The molecule has 1 aliphatic heterocycles. The van der Waals surface area contributed by atoms with E-state index in [1.807, 2.05) is 6.92 Å². The summed E-state index contributed by atoms with van der Waals surface area (Å²) in [6.07, 6.45) is 0.771. The first-order valence-electron chi connectivity index (χ1n) is 4.82. The number of hydrogen-bond donors (Lipinski definition) is 1. The number of carboxylic acid groups (broad SMARTS) is 1. The fraction of sp³-hybridized carbons (Fsp3) is 0.364. The molecule has 0 amide bonds. The normalized spacial score (nSPS) is 14.5. The molecule has 0 unspecified atom stereocenters. The molecule has 80 valence electrons. The minimum Gasteiger partial charge on any atom is -0.490 e. The van der Waals surface area contributed by atoms with Gasteiger partial charge >= 0.3 is 5.97 Å². The lowest BCUT2D eigenvalue weighted by Gasteiger charge is -2.10. The van der Waals surface area contributed by atoms with Crippen LogP contribution in [0.5, 0.6) is 11.5 Å². The van der Waals surface area contributed by atoms with Crippen molar-refractivity contribution in [3.8, 4) is 11.5 Å². The minimum atomic E-state index is -0.986. The molecule has 1 aromatic carbocycles. The Morgan fingerprint density at radius 1 is 1.33 bits per heavy atom. The van der Waals surface area contributed by atoms with Crippen molar-refractivity contribution in [2.24, 2.45) is 0 Å². The summed E-state index contributed by atoms with van der Waals surface area (Å²) in [6.45, 7) is 2.90. The van der Waals surface area contributed by atoms with E-state index in [9.17, 15) is 4.79 Å². The van der Waals surface area contributed by atoms with Crippen LogP contribution in [-0.4, -0.2) is 24.3 Å². The molecule has 4 nitrogen and oxygen atoms in total. The average molecular weight is 208 g/mol. The molecular weight excluding hydrogens is 196 g/mol. The smallest absolute Gasteiger partial charge is 0.339 e. The summed E-state index contributed by atoms with van der Waals surface area (Å²) in [6, 6.07) is 3.39. The molecule has 0 atom stereocenters. The maximum Gasteiger partial charge on any atom is 0.339 e. The molecule has 1 aromatic rings. The van der Waals surface area contributed by atoms with Crippen LogP contribution in [-0.2, 0) is 0 Å². The van der Waals surface area contributed by atoms with Crippen LogP contribution in [0.15, 0.2) is 12.1 Å². The third-order valence-electron chi connectivity index (χ3n) is 2.22. The van der Waals surface area contributed by atoms with E-state index in [2.05, 4.69) is 0 Å². The van der Waals surface area contributed by atoms with Crippen LogP contribution < -0.4 is 9.47 Å². The highest BCUT2D eigenvalue weighted by Crippen LogP contribution is 2.34. The van der Waals surface area contributed by atoms with Gasteiger partial charge in [-0.05, 0) is 24.6 Å². The number of carbonyl (C=O) groups is 1. The first kappa shape index (κ1) is 9.83. The third kappa shape index (κ3) is 1.88. The maximum atomic E-state index is 11.0. The summed E-state index contributed by atoms with van der Waals surface area (Å²) >= 11 is 0. The van der Waals surface area contributed by atoms with E-state index in [0.717, 1.165) is 12.0 Å². The molecule has 0 bridgehead atoms. The van der Waals surface area contributed by atoms with Crippen LogP contribution in [0.3, 0.4) is 0 Å². The van der Waals surface area contributed by atoms with Crippen LogP contribution in [0.25, 0.3) is 0 Å². The van der Waals surface area contributed by atoms with Crippen molar-refractivity contribution >= 4 is 5.97 Å². The Morgan fingerprint density at radius 2 is 2.07 bits per heavy atom. The molecule has 4 heteroatoms. The van der Waals surface area contributed by atoms with Gasteiger partial charge in [-0.25, -0.2) is 4.79 Å². The van der Waals surface area contributed by atoms with Gasteiger partial charge in [-0.2, -0.15) is 0 Å². The highest BCUT2D eigenvalue weighted by atomic mass is 16.5. The lowest BCUT2D eigenvalue weighted by molar-refractivity contribution is 0.0692. The van der Waals surface area contributed by atoms with Gasteiger partial charge in [-0.15, -0.1) is 0 Å². The van der Waals surface area contributed by atoms with Crippen LogP contribution in [0, 0.1) is 6.92 Å². The summed E-state index contributed by atoms with van der Waals surface area (Å²) in [4.78, 5) is 11.0. The number of carboxylic acids is 1. The predicted octanol–water partition coefficient (Wildman–Crippen LogP) is 1.85. The fourth-order valence-electron chi connectivity index (χ4n) is 1.57. The van der Waals surface area contributed by atoms with Gasteiger partial charge in [-0.3, -0.25) is 0 Å². The van der Waals surface area contributed by atoms with E-state index in [1.54, 1.807) is 12.1 Å². The fourth-order valence-corrected chi connectivity index (χ4v) is 1.57. The Morgan fingerprint density at radius 3 is 2.80 bits per heavy atom. The van der Waals surface area contributed by atoms with E-state index < -0.39 is 5.97 Å². The molecule has 0 aliphatic carbocycles. The van der Waals surface area contributed by atoms with E-state index in [1.165, 1.54) is 0 Å². The summed E-state index contributed by atoms with van der Waals surface area (Å²) in [5.41, 5.74) is 1.03.